The van der Waals surface area contributed by atoms with Gasteiger partial charge in [-0.25, -0.2) is 9.37 Å². The third-order valence-electron chi connectivity index (χ3n) is 3.85. The zero-order valence-electron chi connectivity index (χ0n) is 13.1. The normalized spacial score (nSPS) is 10.8. The summed E-state index contributed by atoms with van der Waals surface area (Å²) in [5, 5.41) is 9.31. The molecule has 1 aromatic heterocycles. The lowest BCUT2D eigenvalue weighted by Gasteiger charge is -2.14. The van der Waals surface area contributed by atoms with Crippen LogP contribution in [0.4, 0.5) is 4.39 Å². The summed E-state index contributed by atoms with van der Waals surface area (Å²) in [6, 6.07) is 11.6. The molecule has 2 N–H and O–H groups in total. The van der Waals surface area contributed by atoms with Crippen LogP contribution in [0.2, 0.25) is 0 Å². The highest BCUT2D eigenvalue weighted by atomic mass is 19.1. The van der Waals surface area contributed by atoms with Gasteiger partial charge in [0.05, 0.1) is 22.7 Å². The fourth-order valence-electron chi connectivity index (χ4n) is 2.73. The van der Waals surface area contributed by atoms with Crippen molar-refractivity contribution in [1.82, 2.24) is 9.55 Å². The Morgan fingerprint density at radius 1 is 1.33 bits per heavy atom. The quantitative estimate of drug-likeness (QED) is 0.801. The molecule has 0 amide bonds. The van der Waals surface area contributed by atoms with Gasteiger partial charge in [-0.2, -0.15) is 5.26 Å². The molecule has 3 rings (SSSR count). The van der Waals surface area contributed by atoms with Gasteiger partial charge in [-0.15, -0.1) is 0 Å². The molecule has 0 aliphatic rings. The van der Waals surface area contributed by atoms with Gasteiger partial charge < -0.3 is 5.73 Å². The number of benzene rings is 2. The Labute approximate surface area is 137 Å². The first-order chi connectivity index (χ1) is 11.6. The van der Waals surface area contributed by atoms with Gasteiger partial charge in [-0.3, -0.25) is 9.36 Å². The molecule has 0 fully saturated rings. The van der Waals surface area contributed by atoms with Crippen LogP contribution in [0.25, 0.3) is 16.6 Å². The highest BCUT2D eigenvalue weighted by molar-refractivity contribution is 5.82. The second-order valence-electron chi connectivity index (χ2n) is 5.46. The Hall–Kier alpha value is -3.04. The molecule has 0 radical (unpaired) electrons. The SMILES string of the molecule is Cc1ccc(F)c2nc(CCN)n(-c3cccc(C#N)c3)c(=O)c12. The number of nitrogens with zero attached hydrogens (tertiary/aromatic N) is 3. The van der Waals surface area contributed by atoms with Gasteiger partial charge in [-0.05, 0) is 43.3 Å². The second kappa shape index (κ2) is 6.22. The lowest BCUT2D eigenvalue weighted by atomic mass is 10.1. The molecule has 0 aliphatic heterocycles. The number of rotatable bonds is 3. The van der Waals surface area contributed by atoms with Crippen LogP contribution in [-0.2, 0) is 6.42 Å². The van der Waals surface area contributed by atoms with E-state index in [4.69, 9.17) is 11.0 Å². The summed E-state index contributed by atoms with van der Waals surface area (Å²) in [5.74, 6) is -0.168. The predicted octanol–water partition coefficient (Wildman–Crippen LogP) is 2.21. The number of halogens is 1. The van der Waals surface area contributed by atoms with Crippen LogP contribution < -0.4 is 11.3 Å². The van der Waals surface area contributed by atoms with Gasteiger partial charge in [0.25, 0.3) is 5.56 Å². The molecule has 0 aliphatic carbocycles. The van der Waals surface area contributed by atoms with Crippen molar-refractivity contribution < 1.29 is 4.39 Å². The van der Waals surface area contributed by atoms with Crippen molar-refractivity contribution in [3.05, 3.63) is 69.5 Å². The van der Waals surface area contributed by atoms with Gasteiger partial charge in [0.15, 0.2) is 0 Å². The summed E-state index contributed by atoms with van der Waals surface area (Å²) in [6.07, 6.45) is 0.315. The molecule has 0 atom stereocenters. The average Bonchev–Trinajstić information content (AvgIpc) is 2.58. The van der Waals surface area contributed by atoms with E-state index < -0.39 is 5.82 Å². The fourth-order valence-corrected chi connectivity index (χ4v) is 2.73. The first-order valence-electron chi connectivity index (χ1n) is 7.48. The molecule has 120 valence electrons. The topological polar surface area (TPSA) is 84.7 Å². The Bertz CT molecular complexity index is 1030. The molecule has 2 aromatic carbocycles. The van der Waals surface area contributed by atoms with E-state index >= 15 is 0 Å². The minimum atomic E-state index is -0.538. The van der Waals surface area contributed by atoms with E-state index in [2.05, 4.69) is 4.98 Å². The molecule has 24 heavy (non-hydrogen) atoms. The van der Waals surface area contributed by atoms with Crippen LogP contribution in [0.1, 0.15) is 17.0 Å². The summed E-state index contributed by atoms with van der Waals surface area (Å²) >= 11 is 0. The van der Waals surface area contributed by atoms with Crippen molar-refractivity contribution >= 4 is 10.9 Å². The molecular formula is C18H15FN4O. The number of aryl methyl sites for hydroxylation is 1. The summed E-state index contributed by atoms with van der Waals surface area (Å²) in [5.41, 5.74) is 6.90. The van der Waals surface area contributed by atoms with Gasteiger partial charge in [0.1, 0.15) is 17.2 Å². The first-order valence-corrected chi connectivity index (χ1v) is 7.48. The predicted molar refractivity (Wildman–Crippen MR) is 89.5 cm³/mol. The smallest absolute Gasteiger partial charge is 0.266 e. The first kappa shape index (κ1) is 15.8. The molecule has 1 heterocycles. The molecule has 0 saturated carbocycles. The van der Waals surface area contributed by atoms with E-state index in [0.717, 1.165) is 0 Å². The van der Waals surface area contributed by atoms with Crippen LogP contribution >= 0.6 is 0 Å². The van der Waals surface area contributed by atoms with E-state index in [0.29, 0.717) is 29.1 Å². The van der Waals surface area contributed by atoms with Crippen LogP contribution in [0.15, 0.2) is 41.2 Å². The highest BCUT2D eigenvalue weighted by Gasteiger charge is 2.16. The molecule has 0 bridgehead atoms. The lowest BCUT2D eigenvalue weighted by molar-refractivity contribution is 0.633. The van der Waals surface area contributed by atoms with Crippen molar-refractivity contribution in [2.45, 2.75) is 13.3 Å². The van der Waals surface area contributed by atoms with E-state index in [1.54, 1.807) is 37.3 Å². The molecular weight excluding hydrogens is 307 g/mol. The maximum absolute atomic E-state index is 14.1. The number of aromatic nitrogens is 2. The van der Waals surface area contributed by atoms with Gasteiger partial charge in [0, 0.05) is 6.42 Å². The van der Waals surface area contributed by atoms with Crippen molar-refractivity contribution in [2.75, 3.05) is 6.54 Å². The maximum Gasteiger partial charge on any atom is 0.266 e. The fraction of sp³-hybridized carbons (Fsp3) is 0.167. The number of nitrogens with two attached hydrogens (primary N) is 1. The zero-order chi connectivity index (χ0) is 17.3. The Kier molecular flexibility index (Phi) is 4.11. The minimum absolute atomic E-state index is 0.0520. The summed E-state index contributed by atoms with van der Waals surface area (Å²) < 4.78 is 15.5. The third kappa shape index (κ3) is 2.55. The van der Waals surface area contributed by atoms with Crippen molar-refractivity contribution in [3.8, 4) is 11.8 Å². The molecule has 3 aromatic rings. The minimum Gasteiger partial charge on any atom is -0.330 e. The lowest BCUT2D eigenvalue weighted by Crippen LogP contribution is -2.26. The zero-order valence-corrected chi connectivity index (χ0v) is 13.1. The number of nitriles is 1. The van der Waals surface area contributed by atoms with Gasteiger partial charge in [-0.1, -0.05) is 12.1 Å². The van der Waals surface area contributed by atoms with Crippen LogP contribution in [-0.4, -0.2) is 16.1 Å². The standard InChI is InChI=1S/C18H15FN4O/c1-11-5-6-14(19)17-16(11)18(24)23(15(22-17)7-8-20)13-4-2-3-12(9-13)10-21/h2-6,9H,7-8,20H2,1H3. The van der Waals surface area contributed by atoms with Crippen molar-refractivity contribution in [3.63, 3.8) is 0 Å². The largest absolute Gasteiger partial charge is 0.330 e. The molecule has 0 spiro atoms. The third-order valence-corrected chi connectivity index (χ3v) is 3.85. The van der Waals surface area contributed by atoms with E-state index in [1.807, 2.05) is 6.07 Å². The molecule has 6 heteroatoms. The van der Waals surface area contributed by atoms with E-state index in [1.165, 1.54) is 10.6 Å². The molecule has 0 unspecified atom stereocenters. The average molecular weight is 322 g/mol. The molecule has 5 nitrogen and oxygen atoms in total. The maximum atomic E-state index is 14.1. The van der Waals surface area contributed by atoms with Gasteiger partial charge >= 0.3 is 0 Å². The summed E-state index contributed by atoms with van der Waals surface area (Å²) in [7, 11) is 0. The van der Waals surface area contributed by atoms with Crippen LogP contribution in [0.3, 0.4) is 0 Å². The Morgan fingerprint density at radius 2 is 2.12 bits per heavy atom. The number of hydrogen-bond acceptors (Lipinski definition) is 4. The summed E-state index contributed by atoms with van der Waals surface area (Å²) in [6.45, 7) is 2.01. The van der Waals surface area contributed by atoms with Crippen LogP contribution in [0, 0.1) is 24.1 Å². The van der Waals surface area contributed by atoms with Gasteiger partial charge in [0.2, 0.25) is 0 Å². The number of fused-ring (bicyclic) bond motifs is 1. The van der Waals surface area contributed by atoms with E-state index in [9.17, 15) is 9.18 Å². The van der Waals surface area contributed by atoms with Crippen molar-refractivity contribution in [2.24, 2.45) is 5.73 Å². The molecule has 0 saturated heterocycles. The van der Waals surface area contributed by atoms with Crippen LogP contribution in [0.5, 0.6) is 0 Å². The summed E-state index contributed by atoms with van der Waals surface area (Å²) in [4.78, 5) is 17.4. The van der Waals surface area contributed by atoms with Crippen molar-refractivity contribution in [1.29, 1.82) is 5.26 Å². The van der Waals surface area contributed by atoms with E-state index in [-0.39, 0.29) is 23.0 Å². The monoisotopic (exact) mass is 322 g/mol. The second-order valence-corrected chi connectivity index (χ2v) is 5.46. The number of hydrogen-bond donors (Lipinski definition) is 1. The Morgan fingerprint density at radius 3 is 2.83 bits per heavy atom. The highest BCUT2D eigenvalue weighted by Crippen LogP contribution is 2.19. The Balaban J connectivity index is 2.44.